The maximum atomic E-state index is 12.6. The molecule has 1 aromatic heterocycles. The lowest BCUT2D eigenvalue weighted by Gasteiger charge is -2.14. The molecule has 0 fully saturated rings. The van der Waals surface area contributed by atoms with Crippen LogP contribution in [0.15, 0.2) is 71.9 Å². The zero-order chi connectivity index (χ0) is 16.3. The van der Waals surface area contributed by atoms with Gasteiger partial charge in [0.25, 0.3) is 0 Å². The van der Waals surface area contributed by atoms with Gasteiger partial charge in [-0.25, -0.2) is 13.1 Å². The van der Waals surface area contributed by atoms with Gasteiger partial charge in [-0.2, -0.15) is 0 Å². The molecule has 5 nitrogen and oxygen atoms in total. The largest absolute Gasteiger partial charge is 0.323 e. The van der Waals surface area contributed by atoms with E-state index in [-0.39, 0.29) is 11.4 Å². The number of nitrogens with two attached hydrogens (primary N) is 1. The number of hydrogen-bond donors (Lipinski definition) is 2. The number of rotatable bonds is 5. The number of nitrogens with one attached hydrogen (secondary N) is 1. The molecule has 0 saturated heterocycles. The molecule has 3 N–H and O–H groups in total. The van der Waals surface area contributed by atoms with E-state index in [1.54, 1.807) is 30.6 Å². The number of sulfonamides is 1. The SMILES string of the molecule is NC(CNS(=O)(=O)c1cccc2cnccc12)c1ccccc1. The second kappa shape index (κ2) is 6.45. The van der Waals surface area contributed by atoms with Gasteiger partial charge in [-0.3, -0.25) is 4.98 Å². The van der Waals surface area contributed by atoms with Gasteiger partial charge < -0.3 is 5.73 Å². The number of fused-ring (bicyclic) bond motifs is 1. The van der Waals surface area contributed by atoms with E-state index in [4.69, 9.17) is 5.73 Å². The van der Waals surface area contributed by atoms with E-state index in [1.807, 2.05) is 36.4 Å². The Kier molecular flexibility index (Phi) is 4.38. The third-order valence-electron chi connectivity index (χ3n) is 3.65. The van der Waals surface area contributed by atoms with Crippen LogP contribution in [0, 0.1) is 0 Å². The Balaban J connectivity index is 1.84. The molecular weight excluding hydrogens is 310 g/mol. The molecule has 23 heavy (non-hydrogen) atoms. The lowest BCUT2D eigenvalue weighted by atomic mass is 10.1. The fourth-order valence-electron chi connectivity index (χ4n) is 2.42. The van der Waals surface area contributed by atoms with E-state index in [1.165, 1.54) is 0 Å². The Morgan fingerprint density at radius 1 is 1.04 bits per heavy atom. The second-order valence-corrected chi connectivity index (χ2v) is 6.96. The highest BCUT2D eigenvalue weighted by Crippen LogP contribution is 2.22. The minimum atomic E-state index is -3.65. The molecular formula is C17H17N3O2S. The first-order chi connectivity index (χ1) is 11.1. The van der Waals surface area contributed by atoms with Crippen molar-refractivity contribution in [3.8, 4) is 0 Å². The van der Waals surface area contributed by atoms with Gasteiger partial charge in [0.1, 0.15) is 0 Å². The molecule has 2 aromatic carbocycles. The van der Waals surface area contributed by atoms with E-state index < -0.39 is 16.1 Å². The van der Waals surface area contributed by atoms with Crippen LogP contribution >= 0.6 is 0 Å². The maximum absolute atomic E-state index is 12.6. The first kappa shape index (κ1) is 15.6. The number of hydrogen-bond acceptors (Lipinski definition) is 4. The molecule has 0 spiro atoms. The zero-order valence-corrected chi connectivity index (χ0v) is 13.2. The van der Waals surface area contributed by atoms with Crippen LogP contribution in [0.1, 0.15) is 11.6 Å². The molecule has 1 heterocycles. The molecule has 3 rings (SSSR count). The number of nitrogens with zero attached hydrogens (tertiary/aromatic N) is 1. The van der Waals surface area contributed by atoms with Crippen molar-refractivity contribution in [3.63, 3.8) is 0 Å². The van der Waals surface area contributed by atoms with Gasteiger partial charge in [-0.1, -0.05) is 42.5 Å². The summed E-state index contributed by atoms with van der Waals surface area (Å²) >= 11 is 0. The van der Waals surface area contributed by atoms with Crippen LogP contribution in [0.4, 0.5) is 0 Å². The normalized spacial score (nSPS) is 13.1. The first-order valence-corrected chi connectivity index (χ1v) is 8.69. The Morgan fingerprint density at radius 2 is 1.83 bits per heavy atom. The van der Waals surface area contributed by atoms with Crippen molar-refractivity contribution in [2.75, 3.05) is 6.54 Å². The average molecular weight is 327 g/mol. The fraction of sp³-hybridized carbons (Fsp3) is 0.118. The van der Waals surface area contributed by atoms with Gasteiger partial charge in [0.15, 0.2) is 0 Å². The van der Waals surface area contributed by atoms with Crippen LogP contribution in [0.2, 0.25) is 0 Å². The van der Waals surface area contributed by atoms with Crippen molar-refractivity contribution in [1.29, 1.82) is 0 Å². The van der Waals surface area contributed by atoms with Crippen LogP contribution < -0.4 is 10.5 Å². The van der Waals surface area contributed by atoms with E-state index in [9.17, 15) is 8.42 Å². The van der Waals surface area contributed by atoms with Gasteiger partial charge in [0, 0.05) is 35.8 Å². The smallest absolute Gasteiger partial charge is 0.241 e. The van der Waals surface area contributed by atoms with Crippen molar-refractivity contribution in [3.05, 3.63) is 72.6 Å². The highest BCUT2D eigenvalue weighted by Gasteiger charge is 2.18. The monoisotopic (exact) mass is 327 g/mol. The maximum Gasteiger partial charge on any atom is 0.241 e. The van der Waals surface area contributed by atoms with Crippen molar-refractivity contribution < 1.29 is 8.42 Å². The molecule has 0 saturated carbocycles. The third-order valence-corrected chi connectivity index (χ3v) is 5.13. The Morgan fingerprint density at radius 3 is 2.61 bits per heavy atom. The van der Waals surface area contributed by atoms with Gasteiger partial charge in [0.2, 0.25) is 10.0 Å². The standard InChI is InChI=1S/C17H17N3O2S/c18-16(13-5-2-1-3-6-13)12-20-23(21,22)17-8-4-7-14-11-19-10-9-15(14)17/h1-11,16,20H,12,18H2. The zero-order valence-electron chi connectivity index (χ0n) is 12.4. The molecule has 118 valence electrons. The highest BCUT2D eigenvalue weighted by molar-refractivity contribution is 7.89. The summed E-state index contributed by atoms with van der Waals surface area (Å²) in [5.41, 5.74) is 6.94. The summed E-state index contributed by atoms with van der Waals surface area (Å²) in [6.07, 6.45) is 3.22. The van der Waals surface area contributed by atoms with Crippen LogP contribution in [-0.4, -0.2) is 19.9 Å². The fourth-order valence-corrected chi connectivity index (χ4v) is 3.71. The lowest BCUT2D eigenvalue weighted by molar-refractivity contribution is 0.573. The molecule has 0 aliphatic rings. The first-order valence-electron chi connectivity index (χ1n) is 7.21. The number of benzene rings is 2. The third kappa shape index (κ3) is 3.39. The van der Waals surface area contributed by atoms with Crippen LogP contribution in [0.5, 0.6) is 0 Å². The summed E-state index contributed by atoms with van der Waals surface area (Å²) in [4.78, 5) is 4.25. The van der Waals surface area contributed by atoms with Crippen molar-refractivity contribution in [2.24, 2.45) is 5.73 Å². The minimum absolute atomic E-state index is 0.133. The molecule has 0 aliphatic carbocycles. The van der Waals surface area contributed by atoms with E-state index in [0.717, 1.165) is 10.9 Å². The molecule has 0 bridgehead atoms. The predicted octanol–water partition coefficient (Wildman–Crippen LogP) is 2.21. The topological polar surface area (TPSA) is 85.1 Å². The van der Waals surface area contributed by atoms with Crippen LogP contribution in [-0.2, 0) is 10.0 Å². The lowest BCUT2D eigenvalue weighted by Crippen LogP contribution is -2.32. The number of aromatic nitrogens is 1. The minimum Gasteiger partial charge on any atom is -0.323 e. The van der Waals surface area contributed by atoms with Crippen molar-refractivity contribution in [2.45, 2.75) is 10.9 Å². The molecule has 1 unspecified atom stereocenters. The molecule has 3 aromatic rings. The molecule has 0 amide bonds. The highest BCUT2D eigenvalue weighted by atomic mass is 32.2. The Labute approximate surface area is 135 Å². The summed E-state index contributed by atoms with van der Waals surface area (Å²) in [7, 11) is -3.65. The summed E-state index contributed by atoms with van der Waals surface area (Å²) in [6, 6.07) is 15.8. The van der Waals surface area contributed by atoms with Crippen LogP contribution in [0.25, 0.3) is 10.8 Å². The molecule has 1 atom stereocenters. The van der Waals surface area contributed by atoms with Crippen LogP contribution in [0.3, 0.4) is 0 Å². The average Bonchev–Trinajstić information content (AvgIpc) is 2.60. The summed E-state index contributed by atoms with van der Waals surface area (Å²) in [6.45, 7) is 0.133. The van der Waals surface area contributed by atoms with E-state index in [0.29, 0.717) is 5.39 Å². The quantitative estimate of drug-likeness (QED) is 0.752. The van der Waals surface area contributed by atoms with Gasteiger partial charge in [-0.15, -0.1) is 0 Å². The second-order valence-electron chi connectivity index (χ2n) is 5.22. The van der Waals surface area contributed by atoms with E-state index >= 15 is 0 Å². The Bertz CT molecular complexity index is 906. The van der Waals surface area contributed by atoms with Gasteiger partial charge >= 0.3 is 0 Å². The summed E-state index contributed by atoms with van der Waals surface area (Å²) < 4.78 is 27.8. The molecule has 6 heteroatoms. The summed E-state index contributed by atoms with van der Waals surface area (Å²) in [5.74, 6) is 0. The van der Waals surface area contributed by atoms with Crippen molar-refractivity contribution >= 4 is 20.8 Å². The summed E-state index contributed by atoms with van der Waals surface area (Å²) in [5, 5.41) is 1.42. The van der Waals surface area contributed by atoms with Gasteiger partial charge in [0.05, 0.1) is 4.90 Å². The predicted molar refractivity (Wildman–Crippen MR) is 90.3 cm³/mol. The van der Waals surface area contributed by atoms with Gasteiger partial charge in [-0.05, 0) is 17.7 Å². The van der Waals surface area contributed by atoms with Crippen molar-refractivity contribution in [1.82, 2.24) is 9.71 Å². The van der Waals surface area contributed by atoms with E-state index in [2.05, 4.69) is 9.71 Å². The Hall–Kier alpha value is -2.28. The molecule has 0 aliphatic heterocycles. The molecule has 0 radical (unpaired) electrons. The number of pyridine rings is 1.